The average molecular weight is 387 g/mol. The van der Waals surface area contributed by atoms with Crippen LogP contribution in [-0.2, 0) is 20.8 Å². The Labute approximate surface area is 165 Å². The average Bonchev–Trinajstić information content (AvgIpc) is 2.95. The van der Waals surface area contributed by atoms with Gasteiger partial charge in [-0.2, -0.15) is 0 Å². The second kappa shape index (κ2) is 6.87. The van der Waals surface area contributed by atoms with Crippen molar-refractivity contribution in [2.45, 2.75) is 53.1 Å². The number of aromatic nitrogens is 1. The molecule has 1 saturated heterocycles. The maximum atomic E-state index is 13.3. The van der Waals surface area contributed by atoms with E-state index in [1.54, 1.807) is 24.5 Å². The first-order valence-electron chi connectivity index (χ1n) is 9.66. The molecule has 3 rings (SSSR count). The number of carboxylic acids is 1. The van der Waals surface area contributed by atoms with Gasteiger partial charge in [0.25, 0.3) is 0 Å². The van der Waals surface area contributed by atoms with Crippen LogP contribution in [0.2, 0.25) is 0 Å². The summed E-state index contributed by atoms with van der Waals surface area (Å²) in [6, 6.07) is 1.94. The van der Waals surface area contributed by atoms with Crippen LogP contribution < -0.4 is 5.32 Å². The Morgan fingerprint density at radius 2 is 2.04 bits per heavy atom. The summed E-state index contributed by atoms with van der Waals surface area (Å²) < 4.78 is 0. The van der Waals surface area contributed by atoms with Gasteiger partial charge >= 0.3 is 5.97 Å². The van der Waals surface area contributed by atoms with Crippen molar-refractivity contribution in [2.24, 2.45) is 22.7 Å². The van der Waals surface area contributed by atoms with Gasteiger partial charge in [-0.1, -0.05) is 40.7 Å². The van der Waals surface area contributed by atoms with Gasteiger partial charge in [-0.3, -0.25) is 14.6 Å². The summed E-state index contributed by atoms with van der Waals surface area (Å²) in [6.07, 6.45) is 3.37. The molecule has 0 bridgehead atoms. The van der Waals surface area contributed by atoms with Gasteiger partial charge in [0, 0.05) is 24.9 Å². The number of nitrogens with zero attached hydrogens (tertiary/aromatic N) is 2. The second-order valence-corrected chi connectivity index (χ2v) is 9.63. The molecule has 152 valence electrons. The summed E-state index contributed by atoms with van der Waals surface area (Å²) >= 11 is 0. The number of hydrogen-bond donors (Lipinski definition) is 2. The molecule has 2 heterocycles. The van der Waals surface area contributed by atoms with Crippen molar-refractivity contribution in [1.29, 1.82) is 0 Å². The fourth-order valence-corrected chi connectivity index (χ4v) is 4.51. The molecule has 7 heteroatoms. The zero-order valence-corrected chi connectivity index (χ0v) is 17.1. The molecule has 0 aromatic carbocycles. The first kappa shape index (κ1) is 20.3. The normalized spacial score (nSPS) is 26.3. The molecular formula is C21H29N3O4. The van der Waals surface area contributed by atoms with E-state index in [9.17, 15) is 19.5 Å². The molecule has 0 radical (unpaired) electrons. The number of amides is 2. The highest BCUT2D eigenvalue weighted by Crippen LogP contribution is 2.65. The lowest BCUT2D eigenvalue weighted by Gasteiger charge is -2.36. The van der Waals surface area contributed by atoms with E-state index in [2.05, 4.69) is 24.1 Å². The van der Waals surface area contributed by atoms with Crippen molar-refractivity contribution >= 4 is 17.8 Å². The molecule has 0 spiro atoms. The molecular weight excluding hydrogens is 358 g/mol. The van der Waals surface area contributed by atoms with Crippen molar-refractivity contribution in [2.75, 3.05) is 6.54 Å². The van der Waals surface area contributed by atoms with Gasteiger partial charge in [-0.15, -0.1) is 0 Å². The summed E-state index contributed by atoms with van der Waals surface area (Å²) in [6.45, 7) is 10.1. The standard InChI is InChI=1S/C21H29N3O4/c1-20(2,3)17(23-14(25)9-12-7-6-8-22-10-12)18(26)24-11-13-15(21(13,4)5)16(24)19(27)28/h6-8,10,13,15-17H,9,11H2,1-5H3,(H,23,25)(H,27,28)/t13-,15-,16-,17+/m0/s1. The number of piperidine rings is 1. The number of rotatable bonds is 5. The van der Waals surface area contributed by atoms with Crippen LogP contribution in [0.5, 0.6) is 0 Å². The van der Waals surface area contributed by atoms with E-state index in [0.29, 0.717) is 6.54 Å². The van der Waals surface area contributed by atoms with Crippen molar-refractivity contribution in [1.82, 2.24) is 15.2 Å². The largest absolute Gasteiger partial charge is 0.480 e. The Kier molecular flexibility index (Phi) is 4.98. The SMILES string of the molecule is CC(C)(C)[C@H](NC(=O)Cc1cccnc1)C(=O)N1C[C@H]2[C@@H]([C@H]1C(=O)O)C2(C)C. The third-order valence-electron chi connectivity index (χ3n) is 6.25. The lowest BCUT2D eigenvalue weighted by Crippen LogP contribution is -2.58. The van der Waals surface area contributed by atoms with Crippen LogP contribution in [0.1, 0.15) is 40.2 Å². The van der Waals surface area contributed by atoms with Crippen LogP contribution in [0, 0.1) is 22.7 Å². The Morgan fingerprint density at radius 3 is 2.57 bits per heavy atom. The fraction of sp³-hybridized carbons (Fsp3) is 0.619. The molecule has 2 amide bonds. The number of aliphatic carboxylic acids is 1. The second-order valence-electron chi connectivity index (χ2n) is 9.63. The molecule has 1 aromatic heterocycles. The van der Waals surface area contributed by atoms with Gasteiger partial charge in [-0.05, 0) is 28.4 Å². The number of likely N-dealkylation sites (tertiary alicyclic amines) is 1. The summed E-state index contributed by atoms with van der Waals surface area (Å²) in [5.41, 5.74) is 0.154. The van der Waals surface area contributed by atoms with E-state index < -0.39 is 23.5 Å². The van der Waals surface area contributed by atoms with E-state index in [4.69, 9.17) is 0 Å². The smallest absolute Gasteiger partial charge is 0.326 e. The van der Waals surface area contributed by atoms with Crippen molar-refractivity contribution in [3.63, 3.8) is 0 Å². The minimum Gasteiger partial charge on any atom is -0.480 e. The van der Waals surface area contributed by atoms with Gasteiger partial charge in [0.15, 0.2) is 0 Å². The van der Waals surface area contributed by atoms with Gasteiger partial charge in [-0.25, -0.2) is 4.79 Å². The first-order chi connectivity index (χ1) is 12.9. The molecule has 1 aliphatic heterocycles. The molecule has 2 aliphatic rings. The van der Waals surface area contributed by atoms with Crippen molar-refractivity contribution in [3.8, 4) is 0 Å². The molecule has 4 atom stereocenters. The fourth-order valence-electron chi connectivity index (χ4n) is 4.51. The van der Waals surface area contributed by atoms with E-state index >= 15 is 0 Å². The van der Waals surface area contributed by atoms with Crippen LogP contribution in [0.25, 0.3) is 0 Å². The summed E-state index contributed by atoms with van der Waals surface area (Å²) in [5, 5.41) is 12.6. The van der Waals surface area contributed by atoms with E-state index in [-0.39, 0.29) is 35.5 Å². The maximum Gasteiger partial charge on any atom is 0.326 e. The van der Waals surface area contributed by atoms with Crippen molar-refractivity contribution in [3.05, 3.63) is 30.1 Å². The Balaban J connectivity index is 1.76. The lowest BCUT2D eigenvalue weighted by molar-refractivity contribution is -0.152. The van der Waals surface area contributed by atoms with Gasteiger partial charge in [0.05, 0.1) is 6.42 Å². The van der Waals surface area contributed by atoms with Crippen LogP contribution in [0.15, 0.2) is 24.5 Å². The van der Waals surface area contributed by atoms with E-state index in [1.165, 1.54) is 4.90 Å². The van der Waals surface area contributed by atoms with Crippen LogP contribution in [0.4, 0.5) is 0 Å². The molecule has 1 aliphatic carbocycles. The molecule has 1 aromatic rings. The number of nitrogens with one attached hydrogen (secondary N) is 1. The molecule has 0 unspecified atom stereocenters. The quantitative estimate of drug-likeness (QED) is 0.801. The van der Waals surface area contributed by atoms with Crippen molar-refractivity contribution < 1.29 is 19.5 Å². The topological polar surface area (TPSA) is 99.6 Å². The van der Waals surface area contributed by atoms with E-state index in [1.807, 2.05) is 20.8 Å². The highest BCUT2D eigenvalue weighted by Gasteiger charge is 2.70. The number of hydrogen-bond acceptors (Lipinski definition) is 4. The van der Waals surface area contributed by atoms with Crippen LogP contribution >= 0.6 is 0 Å². The zero-order chi connectivity index (χ0) is 20.9. The highest BCUT2D eigenvalue weighted by atomic mass is 16.4. The van der Waals surface area contributed by atoms with Crippen LogP contribution in [-0.4, -0.2) is 51.4 Å². The van der Waals surface area contributed by atoms with Gasteiger partial charge in [0.2, 0.25) is 11.8 Å². The van der Waals surface area contributed by atoms with Gasteiger partial charge in [0.1, 0.15) is 12.1 Å². The predicted octanol–water partition coefficient (Wildman–Crippen LogP) is 1.72. The number of carboxylic acid groups (broad SMARTS) is 1. The molecule has 2 fully saturated rings. The van der Waals surface area contributed by atoms with Crippen LogP contribution in [0.3, 0.4) is 0 Å². The Hall–Kier alpha value is -2.44. The summed E-state index contributed by atoms with van der Waals surface area (Å²) in [5.74, 6) is -1.40. The Morgan fingerprint density at radius 1 is 1.36 bits per heavy atom. The molecule has 1 saturated carbocycles. The van der Waals surface area contributed by atoms with E-state index in [0.717, 1.165) is 5.56 Å². The third kappa shape index (κ3) is 3.62. The Bertz CT molecular complexity index is 785. The minimum absolute atomic E-state index is 0.0272. The highest BCUT2D eigenvalue weighted by molar-refractivity contribution is 5.92. The monoisotopic (exact) mass is 387 g/mol. The molecule has 7 nitrogen and oxygen atoms in total. The maximum absolute atomic E-state index is 13.3. The predicted molar refractivity (Wildman–Crippen MR) is 103 cm³/mol. The molecule has 28 heavy (non-hydrogen) atoms. The molecule has 2 N–H and O–H groups in total. The number of fused-ring (bicyclic) bond motifs is 1. The summed E-state index contributed by atoms with van der Waals surface area (Å²) in [7, 11) is 0. The lowest BCUT2D eigenvalue weighted by atomic mass is 9.85. The zero-order valence-electron chi connectivity index (χ0n) is 17.1. The first-order valence-corrected chi connectivity index (χ1v) is 9.66. The number of carbonyl (C=O) groups is 3. The number of carbonyl (C=O) groups excluding carboxylic acids is 2. The third-order valence-corrected chi connectivity index (χ3v) is 6.25. The van der Waals surface area contributed by atoms with Gasteiger partial charge < -0.3 is 15.3 Å². The minimum atomic E-state index is -0.972. The summed E-state index contributed by atoms with van der Waals surface area (Å²) in [4.78, 5) is 43.2. The number of pyridine rings is 1.